The maximum absolute atomic E-state index is 14.3. The van der Waals surface area contributed by atoms with E-state index in [0.717, 1.165) is 6.07 Å². The second kappa shape index (κ2) is 8.79. The van der Waals surface area contributed by atoms with E-state index in [2.05, 4.69) is 10.3 Å². The minimum Gasteiger partial charge on any atom is -0.449 e. The maximum atomic E-state index is 14.3. The number of halogens is 3. The van der Waals surface area contributed by atoms with E-state index in [1.54, 1.807) is 13.8 Å². The molecule has 0 saturated carbocycles. The molecule has 0 fully saturated rings. The van der Waals surface area contributed by atoms with Crippen LogP contribution in [0, 0.1) is 17.5 Å². The summed E-state index contributed by atoms with van der Waals surface area (Å²) in [5, 5.41) is 12.5. The number of nitrogens with one attached hydrogen (secondary N) is 2. The van der Waals surface area contributed by atoms with Crippen LogP contribution in [0.2, 0.25) is 0 Å². The Balaban J connectivity index is 1.79. The molecule has 0 aliphatic rings. The average Bonchev–Trinajstić information content (AvgIpc) is 3.00. The van der Waals surface area contributed by atoms with E-state index in [1.807, 2.05) is 0 Å². The van der Waals surface area contributed by atoms with E-state index in [-0.39, 0.29) is 25.1 Å². The van der Waals surface area contributed by atoms with Gasteiger partial charge in [-0.15, -0.1) is 0 Å². The Bertz CT molecular complexity index is 1040. The van der Waals surface area contributed by atoms with Crippen LogP contribution in [-0.2, 0) is 11.2 Å². The second-order valence-electron chi connectivity index (χ2n) is 7.67. The minimum atomic E-state index is -0.907. The van der Waals surface area contributed by atoms with Gasteiger partial charge in [0.1, 0.15) is 17.5 Å². The van der Waals surface area contributed by atoms with Crippen LogP contribution in [0.15, 0.2) is 36.4 Å². The predicted molar refractivity (Wildman–Crippen MR) is 108 cm³/mol. The molecule has 3 aromatic rings. The molecule has 0 saturated heterocycles. The predicted octanol–water partition coefficient (Wildman–Crippen LogP) is 4.68. The third-order valence-corrected chi connectivity index (χ3v) is 4.66. The van der Waals surface area contributed by atoms with Gasteiger partial charge in [0, 0.05) is 30.1 Å². The summed E-state index contributed by atoms with van der Waals surface area (Å²) in [4.78, 5) is 14.8. The zero-order valence-corrected chi connectivity index (χ0v) is 16.7. The fourth-order valence-corrected chi connectivity index (χ4v) is 3.16. The van der Waals surface area contributed by atoms with Gasteiger partial charge in [-0.25, -0.2) is 18.0 Å². The third-order valence-electron chi connectivity index (χ3n) is 4.66. The van der Waals surface area contributed by atoms with Crippen LogP contribution in [0.1, 0.15) is 25.8 Å². The molecule has 0 aliphatic carbocycles. The number of H-pyrrole nitrogens is 1. The van der Waals surface area contributed by atoms with E-state index in [1.165, 1.54) is 30.3 Å². The van der Waals surface area contributed by atoms with Crippen molar-refractivity contribution in [2.75, 3.05) is 13.2 Å². The Hall–Kier alpha value is -3.00. The summed E-state index contributed by atoms with van der Waals surface area (Å²) in [5.74, 6) is -1.89. The molecule has 0 bridgehead atoms. The summed E-state index contributed by atoms with van der Waals surface area (Å²) >= 11 is 0. The van der Waals surface area contributed by atoms with Crippen molar-refractivity contribution in [1.82, 2.24) is 10.3 Å². The minimum absolute atomic E-state index is 0.0341. The van der Waals surface area contributed by atoms with Crippen molar-refractivity contribution < 1.29 is 27.8 Å². The number of aromatic nitrogens is 1. The van der Waals surface area contributed by atoms with Crippen molar-refractivity contribution >= 4 is 17.0 Å². The van der Waals surface area contributed by atoms with Crippen LogP contribution < -0.4 is 5.32 Å². The summed E-state index contributed by atoms with van der Waals surface area (Å²) in [6.07, 6.45) is -0.105. The smallest absolute Gasteiger partial charge is 0.407 e. The highest BCUT2D eigenvalue weighted by Crippen LogP contribution is 2.33. The number of rotatable bonds is 7. The van der Waals surface area contributed by atoms with Gasteiger partial charge in [-0.05, 0) is 61.7 Å². The first-order valence-corrected chi connectivity index (χ1v) is 9.52. The molecule has 0 atom stereocenters. The molecule has 5 nitrogen and oxygen atoms in total. The molecule has 0 unspecified atom stereocenters. The average molecular weight is 420 g/mol. The summed E-state index contributed by atoms with van der Waals surface area (Å²) in [6, 6.07) is 7.59. The van der Waals surface area contributed by atoms with Gasteiger partial charge in [-0.2, -0.15) is 0 Å². The largest absolute Gasteiger partial charge is 0.449 e. The molecule has 0 spiro atoms. The van der Waals surface area contributed by atoms with Gasteiger partial charge in [0.05, 0.1) is 17.7 Å². The molecule has 0 aliphatic heterocycles. The standard InChI is InChI=1S/C22H23F3N2O3/c1-22(2,29)8-9-26-21(28)30-10-7-16-17-11-15(24)12-18(25)20(17)27-19(16)13-3-5-14(23)6-4-13/h3-6,11-12,27,29H,7-10H2,1-2H3,(H,26,28). The quantitative estimate of drug-likeness (QED) is 0.520. The summed E-state index contributed by atoms with van der Waals surface area (Å²) < 4.78 is 46.5. The van der Waals surface area contributed by atoms with Gasteiger partial charge >= 0.3 is 6.09 Å². The molecule has 0 radical (unpaired) electrons. The monoisotopic (exact) mass is 420 g/mol. The Morgan fingerprint density at radius 3 is 2.50 bits per heavy atom. The first-order valence-electron chi connectivity index (χ1n) is 9.52. The molecule has 1 amide bonds. The number of hydrogen-bond donors (Lipinski definition) is 3. The molecule has 1 heterocycles. The number of alkyl carbamates (subject to hydrolysis) is 1. The van der Waals surface area contributed by atoms with Crippen molar-refractivity contribution in [1.29, 1.82) is 0 Å². The zero-order chi connectivity index (χ0) is 21.9. The van der Waals surface area contributed by atoms with Gasteiger partial charge in [-0.3, -0.25) is 0 Å². The van der Waals surface area contributed by atoms with Gasteiger partial charge in [0.2, 0.25) is 0 Å². The lowest BCUT2D eigenvalue weighted by molar-refractivity contribution is 0.0703. The van der Waals surface area contributed by atoms with Gasteiger partial charge in [-0.1, -0.05) is 0 Å². The van der Waals surface area contributed by atoms with E-state index in [9.17, 15) is 23.1 Å². The number of aliphatic hydroxyl groups is 1. The fourth-order valence-electron chi connectivity index (χ4n) is 3.16. The van der Waals surface area contributed by atoms with Crippen LogP contribution in [-0.4, -0.2) is 34.9 Å². The summed E-state index contributed by atoms with van der Waals surface area (Å²) in [6.45, 7) is 3.47. The van der Waals surface area contributed by atoms with Crippen LogP contribution in [0.4, 0.5) is 18.0 Å². The number of carbonyl (C=O) groups excluding carboxylic acids is 1. The number of hydrogen-bond acceptors (Lipinski definition) is 3. The third kappa shape index (κ3) is 5.33. The second-order valence-corrected chi connectivity index (χ2v) is 7.67. The number of benzene rings is 2. The Morgan fingerprint density at radius 2 is 1.83 bits per heavy atom. The first-order chi connectivity index (χ1) is 14.1. The number of aromatic amines is 1. The Kier molecular flexibility index (Phi) is 6.36. The van der Waals surface area contributed by atoms with Crippen LogP contribution >= 0.6 is 0 Å². The lowest BCUT2D eigenvalue weighted by atomic mass is 10.0. The molecule has 160 valence electrons. The highest BCUT2D eigenvalue weighted by molar-refractivity contribution is 5.91. The van der Waals surface area contributed by atoms with E-state index in [4.69, 9.17) is 4.74 Å². The zero-order valence-electron chi connectivity index (χ0n) is 16.7. The number of amides is 1. The molecule has 3 rings (SSSR count). The molecule has 8 heteroatoms. The maximum Gasteiger partial charge on any atom is 0.407 e. The lowest BCUT2D eigenvalue weighted by Gasteiger charge is -2.16. The van der Waals surface area contributed by atoms with Gasteiger partial charge in [0.25, 0.3) is 0 Å². The molecule has 2 aromatic carbocycles. The number of ether oxygens (including phenoxy) is 1. The molecule has 1 aromatic heterocycles. The van der Waals surface area contributed by atoms with Crippen molar-refractivity contribution in [3.63, 3.8) is 0 Å². The Labute approximate surface area is 171 Å². The molecular weight excluding hydrogens is 397 g/mol. The molecule has 3 N–H and O–H groups in total. The van der Waals surface area contributed by atoms with E-state index in [0.29, 0.717) is 28.6 Å². The first kappa shape index (κ1) is 21.7. The summed E-state index contributed by atoms with van der Waals surface area (Å²) in [5.41, 5.74) is 0.868. The topological polar surface area (TPSA) is 74.3 Å². The van der Waals surface area contributed by atoms with Crippen molar-refractivity contribution in [2.45, 2.75) is 32.3 Å². The fraction of sp³-hybridized carbons (Fsp3) is 0.318. The summed E-state index contributed by atoms with van der Waals surface area (Å²) in [7, 11) is 0. The van der Waals surface area contributed by atoms with Gasteiger partial charge < -0.3 is 20.1 Å². The SMILES string of the molecule is CC(C)(O)CCNC(=O)OCCc1c(-c2ccc(F)cc2)[nH]c2c(F)cc(F)cc12. The van der Waals surface area contributed by atoms with Crippen molar-refractivity contribution in [3.05, 3.63) is 59.4 Å². The van der Waals surface area contributed by atoms with Crippen LogP contribution in [0.25, 0.3) is 22.2 Å². The van der Waals surface area contributed by atoms with E-state index < -0.39 is 29.1 Å². The van der Waals surface area contributed by atoms with E-state index >= 15 is 0 Å². The van der Waals surface area contributed by atoms with Gasteiger partial charge in [0.15, 0.2) is 0 Å². The molecule has 30 heavy (non-hydrogen) atoms. The van der Waals surface area contributed by atoms with Crippen LogP contribution in [0.3, 0.4) is 0 Å². The number of fused-ring (bicyclic) bond motifs is 1. The highest BCUT2D eigenvalue weighted by Gasteiger charge is 2.18. The highest BCUT2D eigenvalue weighted by atomic mass is 19.1. The Morgan fingerprint density at radius 1 is 1.13 bits per heavy atom. The molecular formula is C22H23F3N2O3. The lowest BCUT2D eigenvalue weighted by Crippen LogP contribution is -2.31. The van der Waals surface area contributed by atoms with Crippen LogP contribution in [0.5, 0.6) is 0 Å². The van der Waals surface area contributed by atoms with Crippen molar-refractivity contribution in [3.8, 4) is 11.3 Å². The normalized spacial score (nSPS) is 11.7. The van der Waals surface area contributed by atoms with Crippen molar-refractivity contribution in [2.24, 2.45) is 0 Å². The number of carbonyl (C=O) groups is 1.